The Balaban J connectivity index is 1.52. The minimum atomic E-state index is -3.61. The summed E-state index contributed by atoms with van der Waals surface area (Å²) in [5.41, 5.74) is 1.43. The summed E-state index contributed by atoms with van der Waals surface area (Å²) in [5, 5.41) is 7.05. The lowest BCUT2D eigenvalue weighted by Gasteiger charge is -2.21. The zero-order valence-electron chi connectivity index (χ0n) is 17.4. The zero-order chi connectivity index (χ0) is 21.3. The van der Waals surface area contributed by atoms with Crippen LogP contribution >= 0.6 is 0 Å². The Hall–Kier alpha value is -2.39. The number of carbonyl (C=O) groups is 1. The van der Waals surface area contributed by atoms with Gasteiger partial charge in [-0.15, -0.1) is 0 Å². The summed E-state index contributed by atoms with van der Waals surface area (Å²) in [4.78, 5) is 13.0. The van der Waals surface area contributed by atoms with E-state index < -0.39 is 10.0 Å². The van der Waals surface area contributed by atoms with Crippen molar-refractivity contribution < 1.29 is 17.9 Å². The Morgan fingerprint density at radius 1 is 1.20 bits per heavy atom. The van der Waals surface area contributed by atoms with Gasteiger partial charge in [0.25, 0.3) is 0 Å². The fourth-order valence-corrected chi connectivity index (χ4v) is 5.63. The molecule has 1 amide bonds. The third-order valence-corrected chi connectivity index (χ3v) is 7.81. The van der Waals surface area contributed by atoms with E-state index in [0.717, 1.165) is 37.7 Å². The van der Waals surface area contributed by atoms with Crippen molar-refractivity contribution in [3.05, 3.63) is 36.2 Å². The second-order valence-corrected chi connectivity index (χ2v) is 10.0. The van der Waals surface area contributed by atoms with Crippen molar-refractivity contribution in [2.24, 2.45) is 13.0 Å². The van der Waals surface area contributed by atoms with E-state index in [4.69, 9.17) is 4.74 Å². The highest BCUT2D eigenvalue weighted by Crippen LogP contribution is 2.48. The van der Waals surface area contributed by atoms with Gasteiger partial charge in [0.2, 0.25) is 15.9 Å². The molecule has 30 heavy (non-hydrogen) atoms. The van der Waals surface area contributed by atoms with E-state index in [1.54, 1.807) is 27.3 Å². The average Bonchev–Trinajstić information content (AvgIpc) is 3.48. The summed E-state index contributed by atoms with van der Waals surface area (Å²) in [5.74, 6) is 0.307. The smallest absolute Gasteiger partial charge is 0.243 e. The number of nitrogens with zero attached hydrogens (tertiary/aromatic N) is 3. The van der Waals surface area contributed by atoms with Crippen LogP contribution in [0.2, 0.25) is 0 Å². The van der Waals surface area contributed by atoms with E-state index in [9.17, 15) is 13.2 Å². The van der Waals surface area contributed by atoms with E-state index in [2.05, 4.69) is 10.4 Å². The van der Waals surface area contributed by atoms with Gasteiger partial charge in [-0.3, -0.25) is 9.48 Å². The van der Waals surface area contributed by atoms with Gasteiger partial charge < -0.3 is 10.1 Å². The van der Waals surface area contributed by atoms with Gasteiger partial charge in [0.1, 0.15) is 5.75 Å². The molecule has 1 saturated heterocycles. The molecule has 2 atom stereocenters. The first-order valence-corrected chi connectivity index (χ1v) is 11.8. The number of ether oxygens (including phenoxy) is 1. The Morgan fingerprint density at radius 2 is 1.93 bits per heavy atom. The van der Waals surface area contributed by atoms with Gasteiger partial charge in [-0.2, -0.15) is 9.40 Å². The van der Waals surface area contributed by atoms with Crippen LogP contribution in [-0.4, -0.2) is 48.6 Å². The SMILES string of the molecule is COc1ccc(S(=O)(=O)N2CCCCCC2)cc1NC(=O)C1CC1c1cnn(C)c1. The molecule has 1 saturated carbocycles. The number of aromatic nitrogens is 2. The lowest BCUT2D eigenvalue weighted by Crippen LogP contribution is -2.32. The monoisotopic (exact) mass is 432 g/mol. The predicted molar refractivity (Wildman–Crippen MR) is 113 cm³/mol. The minimum Gasteiger partial charge on any atom is -0.495 e. The molecule has 2 unspecified atom stereocenters. The highest BCUT2D eigenvalue weighted by molar-refractivity contribution is 7.89. The summed E-state index contributed by atoms with van der Waals surface area (Å²) < 4.78 is 34.9. The number of aryl methyl sites for hydroxylation is 1. The third-order valence-electron chi connectivity index (χ3n) is 5.91. The topological polar surface area (TPSA) is 93.5 Å². The first-order valence-electron chi connectivity index (χ1n) is 10.4. The lowest BCUT2D eigenvalue weighted by atomic mass is 10.2. The molecular weight excluding hydrogens is 404 g/mol. The molecule has 0 spiro atoms. The van der Waals surface area contributed by atoms with Gasteiger partial charge in [0.05, 0.1) is 23.9 Å². The Morgan fingerprint density at radius 3 is 2.57 bits per heavy atom. The molecule has 0 bridgehead atoms. The summed E-state index contributed by atoms with van der Waals surface area (Å²) in [6, 6.07) is 4.66. The van der Waals surface area contributed by atoms with Gasteiger partial charge in [0.15, 0.2) is 0 Å². The van der Waals surface area contributed by atoms with Gasteiger partial charge in [-0.25, -0.2) is 8.42 Å². The van der Waals surface area contributed by atoms with Crippen molar-refractivity contribution in [2.45, 2.75) is 42.9 Å². The Kier molecular flexibility index (Phi) is 5.84. The van der Waals surface area contributed by atoms with Gasteiger partial charge >= 0.3 is 0 Å². The molecule has 1 aliphatic carbocycles. The zero-order valence-corrected chi connectivity index (χ0v) is 18.2. The number of anilines is 1. The maximum Gasteiger partial charge on any atom is 0.243 e. The van der Waals surface area contributed by atoms with E-state index >= 15 is 0 Å². The number of carbonyl (C=O) groups excluding carboxylic acids is 1. The van der Waals surface area contributed by atoms with Crippen LogP contribution in [0.1, 0.15) is 43.6 Å². The number of sulfonamides is 1. The summed E-state index contributed by atoms with van der Waals surface area (Å²) >= 11 is 0. The number of nitrogens with one attached hydrogen (secondary N) is 1. The summed E-state index contributed by atoms with van der Waals surface area (Å²) in [6.45, 7) is 1.07. The van der Waals surface area contributed by atoms with Crippen molar-refractivity contribution in [2.75, 3.05) is 25.5 Å². The molecule has 1 aromatic carbocycles. The molecule has 1 aliphatic heterocycles. The van der Waals surface area contributed by atoms with Crippen LogP contribution in [0.25, 0.3) is 0 Å². The minimum absolute atomic E-state index is 0.133. The first kappa shape index (κ1) is 20.9. The molecule has 2 fully saturated rings. The highest BCUT2D eigenvalue weighted by atomic mass is 32.2. The molecule has 2 aromatic rings. The Bertz CT molecular complexity index is 1030. The number of rotatable bonds is 6. The molecular formula is C21H28N4O4S. The van der Waals surface area contributed by atoms with Crippen LogP contribution in [-0.2, 0) is 21.9 Å². The first-order chi connectivity index (χ1) is 14.4. The standard InChI is InChI=1S/C21H28N4O4S/c1-24-14-15(13-22-24)17-12-18(17)21(26)23-19-11-16(7-8-20(19)29-2)30(27,28)25-9-5-3-4-6-10-25/h7-8,11,13-14,17-18H,3-6,9-10,12H2,1-2H3,(H,23,26). The molecule has 4 rings (SSSR count). The van der Waals surface area contributed by atoms with Crippen LogP contribution < -0.4 is 10.1 Å². The van der Waals surface area contributed by atoms with E-state index in [-0.39, 0.29) is 22.6 Å². The summed E-state index contributed by atoms with van der Waals surface area (Å²) in [6.07, 6.45) is 8.31. The van der Waals surface area contributed by atoms with Crippen molar-refractivity contribution in [3.63, 3.8) is 0 Å². The fraction of sp³-hybridized carbons (Fsp3) is 0.524. The quantitative estimate of drug-likeness (QED) is 0.758. The van der Waals surface area contributed by atoms with Crippen molar-refractivity contribution in [1.29, 1.82) is 0 Å². The molecule has 2 aliphatic rings. The maximum atomic E-state index is 13.1. The highest BCUT2D eigenvalue weighted by Gasteiger charge is 2.44. The molecule has 0 radical (unpaired) electrons. The second-order valence-electron chi connectivity index (χ2n) is 8.07. The van der Waals surface area contributed by atoms with Gasteiger partial charge in [-0.1, -0.05) is 12.8 Å². The van der Waals surface area contributed by atoms with Crippen LogP contribution in [0, 0.1) is 5.92 Å². The average molecular weight is 433 g/mol. The molecule has 2 heterocycles. The van der Waals surface area contributed by atoms with Gasteiger partial charge in [0, 0.05) is 32.3 Å². The molecule has 162 valence electrons. The number of hydrogen-bond donors (Lipinski definition) is 1. The van der Waals surface area contributed by atoms with Crippen LogP contribution in [0.4, 0.5) is 5.69 Å². The lowest BCUT2D eigenvalue weighted by molar-refractivity contribution is -0.117. The molecule has 1 N–H and O–H groups in total. The number of amides is 1. The number of methoxy groups -OCH3 is 1. The number of benzene rings is 1. The summed E-state index contributed by atoms with van der Waals surface area (Å²) in [7, 11) is -0.256. The van der Waals surface area contributed by atoms with Crippen LogP contribution in [0.3, 0.4) is 0 Å². The van der Waals surface area contributed by atoms with Crippen LogP contribution in [0.5, 0.6) is 5.75 Å². The largest absolute Gasteiger partial charge is 0.495 e. The maximum absolute atomic E-state index is 13.1. The van der Waals surface area contributed by atoms with Crippen molar-refractivity contribution in [3.8, 4) is 5.75 Å². The molecule has 9 heteroatoms. The predicted octanol–water partition coefficient (Wildman–Crippen LogP) is 2.74. The second kappa shape index (κ2) is 8.39. The van der Waals surface area contributed by atoms with E-state index in [0.29, 0.717) is 24.5 Å². The third kappa shape index (κ3) is 4.22. The fourth-order valence-electron chi connectivity index (χ4n) is 4.09. The van der Waals surface area contributed by atoms with E-state index in [1.807, 2.05) is 13.2 Å². The normalized spacial score (nSPS) is 22.3. The van der Waals surface area contributed by atoms with Crippen molar-refractivity contribution in [1.82, 2.24) is 14.1 Å². The van der Waals surface area contributed by atoms with E-state index in [1.165, 1.54) is 13.2 Å². The van der Waals surface area contributed by atoms with Crippen LogP contribution in [0.15, 0.2) is 35.5 Å². The molecule has 1 aromatic heterocycles. The number of hydrogen-bond acceptors (Lipinski definition) is 5. The van der Waals surface area contributed by atoms with Crippen molar-refractivity contribution >= 4 is 21.6 Å². The van der Waals surface area contributed by atoms with Gasteiger partial charge in [-0.05, 0) is 48.9 Å². The Labute approximate surface area is 177 Å². The molecule has 8 nitrogen and oxygen atoms in total.